The highest BCUT2D eigenvalue weighted by Gasteiger charge is 2.40. The number of nitrogens with zero attached hydrogens (tertiary/aromatic N) is 2. The van der Waals surface area contributed by atoms with E-state index in [0.29, 0.717) is 10.8 Å². The van der Waals surface area contributed by atoms with Crippen molar-refractivity contribution in [3.05, 3.63) is 0 Å². The summed E-state index contributed by atoms with van der Waals surface area (Å²) in [5.41, 5.74) is 1.22. The van der Waals surface area contributed by atoms with Crippen LogP contribution in [0.15, 0.2) is 0 Å². The molecule has 0 radical (unpaired) electrons. The van der Waals surface area contributed by atoms with Crippen LogP contribution in [-0.4, -0.2) is 37.2 Å². The number of hydrogen-bond donors (Lipinski definition) is 0. The first kappa shape index (κ1) is 14.3. The molecule has 2 fully saturated rings. The van der Waals surface area contributed by atoms with Gasteiger partial charge in [0.25, 0.3) is 0 Å². The largest absolute Gasteiger partial charge is 0.248 e. The lowest BCUT2D eigenvalue weighted by Gasteiger charge is -2.49. The van der Waals surface area contributed by atoms with Crippen LogP contribution >= 0.6 is 0 Å². The van der Waals surface area contributed by atoms with Gasteiger partial charge in [-0.3, -0.25) is 0 Å². The molecule has 1 saturated carbocycles. The van der Waals surface area contributed by atoms with E-state index in [1.54, 1.807) is 0 Å². The maximum absolute atomic E-state index is 2.50. The van der Waals surface area contributed by atoms with E-state index in [1.165, 1.54) is 51.6 Å². The first-order valence-corrected chi connectivity index (χ1v) is 7.75. The molecule has 2 aliphatic rings. The normalized spacial score (nSPS) is 27.0. The first-order chi connectivity index (χ1) is 8.32. The fourth-order valence-corrected chi connectivity index (χ4v) is 3.97. The van der Waals surface area contributed by atoms with Crippen LogP contribution in [0.3, 0.4) is 0 Å². The molecule has 2 rings (SSSR count). The predicted octanol–water partition coefficient (Wildman–Crippen LogP) is 3.78. The zero-order chi connectivity index (χ0) is 13.4. The van der Waals surface area contributed by atoms with Gasteiger partial charge >= 0.3 is 0 Å². The predicted molar refractivity (Wildman–Crippen MR) is 78.3 cm³/mol. The fourth-order valence-electron chi connectivity index (χ4n) is 3.97. The Kier molecular flexibility index (Phi) is 4.08. The lowest BCUT2D eigenvalue weighted by molar-refractivity contribution is -0.0513. The fraction of sp³-hybridized carbons (Fsp3) is 1.00. The van der Waals surface area contributed by atoms with Crippen molar-refractivity contribution in [1.82, 2.24) is 10.0 Å². The van der Waals surface area contributed by atoms with Crippen LogP contribution < -0.4 is 0 Å². The van der Waals surface area contributed by atoms with E-state index in [4.69, 9.17) is 0 Å². The van der Waals surface area contributed by atoms with Crippen LogP contribution in [0.5, 0.6) is 0 Å². The molecule has 0 atom stereocenters. The minimum absolute atomic E-state index is 0.520. The quantitative estimate of drug-likeness (QED) is 0.701. The minimum Gasteiger partial charge on any atom is -0.248 e. The first-order valence-electron chi connectivity index (χ1n) is 7.75. The molecule has 0 aromatic heterocycles. The highest BCUT2D eigenvalue weighted by atomic mass is 15.6. The molecule has 0 N–H and O–H groups in total. The third-order valence-corrected chi connectivity index (χ3v) is 5.64. The van der Waals surface area contributed by atoms with E-state index in [9.17, 15) is 0 Å². The van der Waals surface area contributed by atoms with Gasteiger partial charge in [0, 0.05) is 27.2 Å². The Balaban J connectivity index is 1.86. The van der Waals surface area contributed by atoms with Crippen molar-refractivity contribution in [1.29, 1.82) is 0 Å². The maximum Gasteiger partial charge on any atom is 0.0138 e. The Morgan fingerprint density at radius 3 is 1.83 bits per heavy atom. The van der Waals surface area contributed by atoms with Crippen molar-refractivity contribution >= 4 is 0 Å². The molecule has 0 unspecified atom stereocenters. The molecule has 18 heavy (non-hydrogen) atoms. The van der Waals surface area contributed by atoms with Gasteiger partial charge in [-0.25, -0.2) is 10.0 Å². The summed E-state index contributed by atoms with van der Waals surface area (Å²) in [5, 5.41) is 4.77. The van der Waals surface area contributed by atoms with E-state index in [-0.39, 0.29) is 0 Å². The van der Waals surface area contributed by atoms with Crippen molar-refractivity contribution < 1.29 is 0 Å². The Hall–Kier alpha value is -0.0800. The van der Waals surface area contributed by atoms with Crippen LogP contribution in [0.1, 0.15) is 59.3 Å². The average Bonchev–Trinajstić information content (AvgIpc) is 2.29. The summed E-state index contributed by atoms with van der Waals surface area (Å²) < 4.78 is 0. The van der Waals surface area contributed by atoms with Gasteiger partial charge in [0.15, 0.2) is 0 Å². The van der Waals surface area contributed by atoms with Gasteiger partial charge < -0.3 is 0 Å². The average molecular weight is 252 g/mol. The van der Waals surface area contributed by atoms with E-state index in [1.807, 2.05) is 0 Å². The van der Waals surface area contributed by atoms with Crippen LogP contribution in [0, 0.1) is 16.7 Å². The second kappa shape index (κ2) is 5.13. The monoisotopic (exact) mass is 252 g/mol. The van der Waals surface area contributed by atoms with Crippen molar-refractivity contribution in [2.24, 2.45) is 16.7 Å². The lowest BCUT2D eigenvalue weighted by atomic mass is 9.61. The second-order valence-corrected chi connectivity index (χ2v) is 7.94. The van der Waals surface area contributed by atoms with Gasteiger partial charge in [0.05, 0.1) is 0 Å². The smallest absolute Gasteiger partial charge is 0.0138 e. The van der Waals surface area contributed by atoms with E-state index < -0.39 is 0 Å². The minimum atomic E-state index is 0.520. The van der Waals surface area contributed by atoms with Crippen LogP contribution in [0.25, 0.3) is 0 Å². The van der Waals surface area contributed by atoms with Crippen molar-refractivity contribution in [3.8, 4) is 0 Å². The van der Waals surface area contributed by atoms with Crippen molar-refractivity contribution in [2.75, 3.05) is 27.2 Å². The molecule has 0 aromatic rings. The summed E-state index contributed by atoms with van der Waals surface area (Å²) >= 11 is 0. The van der Waals surface area contributed by atoms with E-state index in [2.05, 4.69) is 44.9 Å². The molecule has 106 valence electrons. The summed E-state index contributed by atoms with van der Waals surface area (Å²) in [6.07, 6.45) is 8.73. The van der Waals surface area contributed by atoms with Gasteiger partial charge in [0.2, 0.25) is 0 Å². The molecular formula is C16H32N2. The summed E-state index contributed by atoms with van der Waals surface area (Å²) in [6.45, 7) is 9.80. The molecule has 1 aliphatic carbocycles. The molecule has 0 aromatic carbocycles. The Labute approximate surface area is 114 Å². The molecule has 0 amide bonds. The number of rotatable bonds is 1. The highest BCUT2D eigenvalue weighted by Crippen LogP contribution is 2.50. The van der Waals surface area contributed by atoms with Gasteiger partial charge in [-0.1, -0.05) is 20.8 Å². The van der Waals surface area contributed by atoms with E-state index >= 15 is 0 Å². The van der Waals surface area contributed by atoms with E-state index in [0.717, 1.165) is 5.92 Å². The molecule has 1 saturated heterocycles. The number of piperidine rings is 1. The molecule has 0 bridgehead atoms. The summed E-state index contributed by atoms with van der Waals surface area (Å²) in [7, 11) is 4.35. The summed E-state index contributed by atoms with van der Waals surface area (Å²) in [5.74, 6) is 0.954. The molecule has 2 heteroatoms. The SMILES string of the molecule is CN(C)N1CCC2(CCC(C(C)(C)C)CC2)CC1. The molecule has 1 aliphatic heterocycles. The molecule has 1 heterocycles. The Morgan fingerprint density at radius 2 is 1.44 bits per heavy atom. The highest BCUT2D eigenvalue weighted by molar-refractivity contribution is 4.92. The van der Waals surface area contributed by atoms with Crippen LogP contribution in [-0.2, 0) is 0 Å². The number of hydrazine groups is 1. The third kappa shape index (κ3) is 3.08. The van der Waals surface area contributed by atoms with Crippen molar-refractivity contribution in [2.45, 2.75) is 59.3 Å². The standard InChI is InChI=1S/C16H32N2/c1-15(2,3)14-6-8-16(9-7-14)10-12-18(13-11-16)17(4)5/h14H,6-13H2,1-5H3. The summed E-state index contributed by atoms with van der Waals surface area (Å²) in [6, 6.07) is 0. The zero-order valence-corrected chi connectivity index (χ0v) is 13.1. The summed E-state index contributed by atoms with van der Waals surface area (Å²) in [4.78, 5) is 0. The lowest BCUT2D eigenvalue weighted by Crippen LogP contribution is -2.47. The van der Waals surface area contributed by atoms with Crippen LogP contribution in [0.2, 0.25) is 0 Å². The van der Waals surface area contributed by atoms with Gasteiger partial charge in [0.1, 0.15) is 0 Å². The zero-order valence-electron chi connectivity index (χ0n) is 13.1. The van der Waals surface area contributed by atoms with Gasteiger partial charge in [-0.2, -0.15) is 0 Å². The second-order valence-electron chi connectivity index (χ2n) is 7.94. The molecule has 1 spiro atoms. The van der Waals surface area contributed by atoms with Gasteiger partial charge in [-0.15, -0.1) is 0 Å². The number of hydrogen-bond acceptors (Lipinski definition) is 2. The Bertz CT molecular complexity index is 259. The van der Waals surface area contributed by atoms with Crippen LogP contribution in [0.4, 0.5) is 0 Å². The Morgan fingerprint density at radius 1 is 0.944 bits per heavy atom. The third-order valence-electron chi connectivity index (χ3n) is 5.64. The van der Waals surface area contributed by atoms with Gasteiger partial charge in [-0.05, 0) is 55.3 Å². The molecular weight excluding hydrogens is 220 g/mol. The molecule has 2 nitrogen and oxygen atoms in total. The maximum atomic E-state index is 2.50. The van der Waals surface area contributed by atoms with Crippen molar-refractivity contribution in [3.63, 3.8) is 0 Å². The topological polar surface area (TPSA) is 6.48 Å².